The van der Waals surface area contributed by atoms with Gasteiger partial charge in [0.25, 0.3) is 5.91 Å². The van der Waals surface area contributed by atoms with Gasteiger partial charge in [-0.2, -0.15) is 0 Å². The molecule has 4 heteroatoms. The van der Waals surface area contributed by atoms with Crippen LogP contribution in [-0.2, 0) is 0 Å². The minimum atomic E-state index is -0.914. The van der Waals surface area contributed by atoms with Gasteiger partial charge < -0.3 is 10.0 Å². The van der Waals surface area contributed by atoms with Crippen LogP contribution in [0.4, 0.5) is 0 Å². The summed E-state index contributed by atoms with van der Waals surface area (Å²) in [6.07, 6.45) is 0. The van der Waals surface area contributed by atoms with E-state index >= 15 is 0 Å². The quantitative estimate of drug-likeness (QED) is 0.930. The third-order valence-corrected chi connectivity index (χ3v) is 3.06. The fourth-order valence-corrected chi connectivity index (χ4v) is 2.14. The molecule has 0 radical (unpaired) electrons. The topological polar surface area (TPSA) is 53.4 Å². The van der Waals surface area contributed by atoms with Crippen LogP contribution in [0.25, 0.3) is 10.9 Å². The number of fused-ring (bicyclic) bond motifs is 1. The molecule has 0 aliphatic rings. The van der Waals surface area contributed by atoms with Crippen LogP contribution < -0.4 is 0 Å². The summed E-state index contributed by atoms with van der Waals surface area (Å²) in [5, 5.41) is 10.9. The monoisotopic (exact) mass is 272 g/mol. The normalized spacial score (nSPS) is 11.6. The van der Waals surface area contributed by atoms with Crippen molar-refractivity contribution in [2.45, 2.75) is 26.4 Å². The number of pyridine rings is 1. The zero-order valence-electron chi connectivity index (χ0n) is 12.1. The fourth-order valence-electron chi connectivity index (χ4n) is 2.14. The first kappa shape index (κ1) is 14.5. The van der Waals surface area contributed by atoms with Crippen molar-refractivity contribution in [3.63, 3.8) is 0 Å². The van der Waals surface area contributed by atoms with E-state index in [0.717, 1.165) is 10.9 Å². The van der Waals surface area contributed by atoms with Gasteiger partial charge in [-0.1, -0.05) is 24.3 Å². The Labute approximate surface area is 119 Å². The minimum Gasteiger partial charge on any atom is -0.389 e. The average molecular weight is 272 g/mol. The summed E-state index contributed by atoms with van der Waals surface area (Å²) in [5.41, 5.74) is 0.301. The summed E-state index contributed by atoms with van der Waals surface area (Å²) in [6, 6.07) is 11.3. The molecule has 2 aromatic rings. The highest BCUT2D eigenvalue weighted by molar-refractivity contribution is 5.94. The predicted molar refractivity (Wildman–Crippen MR) is 79.6 cm³/mol. The average Bonchev–Trinajstić information content (AvgIpc) is 2.42. The highest BCUT2D eigenvalue weighted by atomic mass is 16.3. The van der Waals surface area contributed by atoms with E-state index in [1.807, 2.05) is 37.3 Å². The van der Waals surface area contributed by atoms with Crippen molar-refractivity contribution < 1.29 is 9.90 Å². The van der Waals surface area contributed by atoms with E-state index in [0.29, 0.717) is 12.2 Å². The number of carbonyl (C=O) groups is 1. The molecule has 0 fully saturated rings. The Kier molecular flexibility index (Phi) is 4.04. The van der Waals surface area contributed by atoms with Gasteiger partial charge in [-0.3, -0.25) is 4.79 Å². The lowest BCUT2D eigenvalue weighted by atomic mass is 10.1. The van der Waals surface area contributed by atoms with Gasteiger partial charge in [0.15, 0.2) is 0 Å². The molecule has 20 heavy (non-hydrogen) atoms. The summed E-state index contributed by atoms with van der Waals surface area (Å²) >= 11 is 0. The van der Waals surface area contributed by atoms with E-state index in [2.05, 4.69) is 4.98 Å². The molecule has 1 aromatic heterocycles. The van der Waals surface area contributed by atoms with Crippen molar-refractivity contribution in [1.29, 1.82) is 0 Å². The van der Waals surface area contributed by atoms with Crippen LogP contribution in [0.3, 0.4) is 0 Å². The molecular formula is C16H20N2O2. The maximum absolute atomic E-state index is 12.4. The van der Waals surface area contributed by atoms with Gasteiger partial charge in [-0.05, 0) is 32.9 Å². The van der Waals surface area contributed by atoms with E-state index in [4.69, 9.17) is 0 Å². The lowest BCUT2D eigenvalue weighted by Crippen LogP contribution is -2.42. The number of benzene rings is 1. The van der Waals surface area contributed by atoms with E-state index in [1.165, 1.54) is 0 Å². The molecule has 0 saturated carbocycles. The molecular weight excluding hydrogens is 252 g/mol. The molecule has 0 atom stereocenters. The van der Waals surface area contributed by atoms with Crippen LogP contribution in [0.15, 0.2) is 36.4 Å². The number of aromatic nitrogens is 1. The van der Waals surface area contributed by atoms with Crippen molar-refractivity contribution in [3.8, 4) is 0 Å². The second-order valence-electron chi connectivity index (χ2n) is 5.52. The first-order chi connectivity index (χ1) is 9.40. The van der Waals surface area contributed by atoms with Crippen LogP contribution in [0.5, 0.6) is 0 Å². The van der Waals surface area contributed by atoms with Crippen molar-refractivity contribution in [2.24, 2.45) is 0 Å². The Balaban J connectivity index is 2.29. The van der Waals surface area contributed by atoms with Crippen molar-refractivity contribution >= 4 is 16.8 Å². The summed E-state index contributed by atoms with van der Waals surface area (Å²) in [4.78, 5) is 18.5. The molecule has 106 valence electrons. The number of carbonyl (C=O) groups excluding carboxylic acids is 1. The molecule has 4 nitrogen and oxygen atoms in total. The number of likely N-dealkylation sites (N-methyl/N-ethyl adjacent to an activating group) is 1. The number of hydrogen-bond acceptors (Lipinski definition) is 3. The number of nitrogens with zero attached hydrogens (tertiary/aromatic N) is 2. The van der Waals surface area contributed by atoms with Gasteiger partial charge in [0.2, 0.25) is 0 Å². The highest BCUT2D eigenvalue weighted by Crippen LogP contribution is 2.14. The second-order valence-corrected chi connectivity index (χ2v) is 5.52. The fraction of sp³-hybridized carbons (Fsp3) is 0.375. The summed E-state index contributed by atoms with van der Waals surface area (Å²) in [6.45, 7) is 6.10. The van der Waals surface area contributed by atoms with Crippen molar-refractivity contribution in [3.05, 3.63) is 42.1 Å². The zero-order chi connectivity index (χ0) is 14.8. The van der Waals surface area contributed by atoms with Crippen LogP contribution in [0, 0.1) is 0 Å². The Hall–Kier alpha value is -1.94. The van der Waals surface area contributed by atoms with Crippen LogP contribution >= 0.6 is 0 Å². The number of hydrogen-bond donors (Lipinski definition) is 1. The third-order valence-electron chi connectivity index (χ3n) is 3.06. The molecule has 0 bridgehead atoms. The maximum atomic E-state index is 12.4. The molecule has 1 aromatic carbocycles. The summed E-state index contributed by atoms with van der Waals surface area (Å²) < 4.78 is 0. The lowest BCUT2D eigenvalue weighted by Gasteiger charge is -2.27. The smallest absolute Gasteiger partial charge is 0.272 e. The second kappa shape index (κ2) is 5.59. The van der Waals surface area contributed by atoms with Gasteiger partial charge >= 0.3 is 0 Å². The van der Waals surface area contributed by atoms with Gasteiger partial charge in [-0.25, -0.2) is 4.98 Å². The standard InChI is InChI=1S/C16H20N2O2/c1-4-18(11-16(2,3)20)15(19)14-10-9-12-7-5-6-8-13(12)17-14/h5-10,20H,4,11H2,1-3H3. The molecule has 2 rings (SSSR count). The van der Waals surface area contributed by atoms with Crippen LogP contribution in [-0.4, -0.2) is 39.6 Å². The minimum absolute atomic E-state index is 0.152. The molecule has 0 saturated heterocycles. The molecule has 1 heterocycles. The Morgan fingerprint density at radius 2 is 1.95 bits per heavy atom. The van der Waals surface area contributed by atoms with Gasteiger partial charge in [0.05, 0.1) is 11.1 Å². The number of aliphatic hydroxyl groups is 1. The molecule has 0 spiro atoms. The zero-order valence-corrected chi connectivity index (χ0v) is 12.1. The molecule has 1 N–H and O–H groups in total. The van der Waals surface area contributed by atoms with Crippen LogP contribution in [0.1, 0.15) is 31.3 Å². The summed E-state index contributed by atoms with van der Waals surface area (Å²) in [7, 11) is 0. The molecule has 0 unspecified atom stereocenters. The Bertz CT molecular complexity index is 617. The summed E-state index contributed by atoms with van der Waals surface area (Å²) in [5.74, 6) is -0.152. The first-order valence-electron chi connectivity index (χ1n) is 6.78. The van der Waals surface area contributed by atoms with E-state index in [9.17, 15) is 9.90 Å². The third kappa shape index (κ3) is 3.33. The number of amides is 1. The largest absolute Gasteiger partial charge is 0.389 e. The molecule has 1 amide bonds. The van der Waals surface area contributed by atoms with Gasteiger partial charge in [0, 0.05) is 18.5 Å². The SMILES string of the molecule is CCN(CC(C)(C)O)C(=O)c1ccc2ccccc2n1. The van der Waals surface area contributed by atoms with E-state index < -0.39 is 5.60 Å². The predicted octanol–water partition coefficient (Wildman–Crippen LogP) is 2.47. The molecule has 0 aliphatic heterocycles. The van der Waals surface area contributed by atoms with Gasteiger partial charge in [-0.15, -0.1) is 0 Å². The Morgan fingerprint density at radius 3 is 2.60 bits per heavy atom. The van der Waals surface area contributed by atoms with E-state index in [1.54, 1.807) is 24.8 Å². The van der Waals surface area contributed by atoms with Gasteiger partial charge in [0.1, 0.15) is 5.69 Å². The molecule has 0 aliphatic carbocycles. The first-order valence-corrected chi connectivity index (χ1v) is 6.78. The highest BCUT2D eigenvalue weighted by Gasteiger charge is 2.23. The van der Waals surface area contributed by atoms with Crippen molar-refractivity contribution in [1.82, 2.24) is 9.88 Å². The van der Waals surface area contributed by atoms with Crippen LogP contribution in [0.2, 0.25) is 0 Å². The number of rotatable bonds is 4. The van der Waals surface area contributed by atoms with Crippen molar-refractivity contribution in [2.75, 3.05) is 13.1 Å². The Morgan fingerprint density at radius 1 is 1.25 bits per heavy atom. The van der Waals surface area contributed by atoms with E-state index in [-0.39, 0.29) is 12.5 Å². The lowest BCUT2D eigenvalue weighted by molar-refractivity contribution is 0.0312. The number of para-hydroxylation sites is 1. The maximum Gasteiger partial charge on any atom is 0.272 e.